The molecule has 36 heavy (non-hydrogen) atoms. The molecule has 0 aliphatic carbocycles. The quantitative estimate of drug-likeness (QED) is 0.215. The van der Waals surface area contributed by atoms with Gasteiger partial charge in [-0.3, -0.25) is 0 Å². The summed E-state index contributed by atoms with van der Waals surface area (Å²) in [4.78, 5) is 11.7. The largest absolute Gasteiger partial charge is 0.489 e. The van der Waals surface area contributed by atoms with Gasteiger partial charge in [0, 0.05) is 44.6 Å². The van der Waals surface area contributed by atoms with Crippen molar-refractivity contribution >= 4 is 40.8 Å². The molecule has 0 unspecified atom stereocenters. The smallest absolute Gasteiger partial charge is 0.374 e. The second-order valence-electron chi connectivity index (χ2n) is 7.71. The van der Waals surface area contributed by atoms with Gasteiger partial charge in [-0.15, -0.1) is 0 Å². The molecule has 8 heteroatoms. The van der Waals surface area contributed by atoms with E-state index in [9.17, 15) is 4.79 Å². The Bertz CT molecular complexity index is 1310. The summed E-state index contributed by atoms with van der Waals surface area (Å²) < 4.78 is 22.2. The van der Waals surface area contributed by atoms with Crippen molar-refractivity contribution in [3.63, 3.8) is 0 Å². The number of hydrogen-bond acceptors (Lipinski definition) is 6. The van der Waals surface area contributed by atoms with Crippen molar-refractivity contribution in [2.24, 2.45) is 0 Å². The van der Waals surface area contributed by atoms with Crippen LogP contribution in [0.2, 0.25) is 10.0 Å². The fourth-order valence-corrected chi connectivity index (χ4v) is 3.68. The molecule has 0 bridgehead atoms. The highest BCUT2D eigenvalue weighted by Crippen LogP contribution is 2.30. The first-order chi connectivity index (χ1) is 17.4. The standard InChI is InChI=1S/C28H23Cl2NO5/c1-18(31-27-12-11-26(36-27)28(32)33-2)21-13-22(34-16-19-7-3-5-9-24(19)29)15-23(14-21)35-17-20-8-4-6-10-25(20)30/h3-15,31H,1,16-17H2,2H3. The number of ether oxygens (including phenoxy) is 3. The summed E-state index contributed by atoms with van der Waals surface area (Å²) in [6.07, 6.45) is 0. The fraction of sp³-hybridized carbons (Fsp3) is 0.107. The molecule has 0 spiro atoms. The van der Waals surface area contributed by atoms with E-state index in [0.29, 0.717) is 38.7 Å². The average Bonchev–Trinajstić information content (AvgIpc) is 3.35. The van der Waals surface area contributed by atoms with Crippen LogP contribution in [-0.2, 0) is 18.0 Å². The molecule has 0 radical (unpaired) electrons. The van der Waals surface area contributed by atoms with Crippen LogP contribution in [0.3, 0.4) is 0 Å². The Hall–Kier alpha value is -3.87. The van der Waals surface area contributed by atoms with E-state index in [1.54, 1.807) is 12.1 Å². The minimum Gasteiger partial charge on any atom is -0.489 e. The molecular formula is C28H23Cl2NO5. The Morgan fingerprint density at radius 1 is 0.861 bits per heavy atom. The Kier molecular flexibility index (Phi) is 8.21. The Morgan fingerprint density at radius 3 is 1.94 bits per heavy atom. The third-order valence-electron chi connectivity index (χ3n) is 5.20. The Labute approximate surface area is 219 Å². The maximum atomic E-state index is 11.7. The van der Waals surface area contributed by atoms with Gasteiger partial charge in [0.2, 0.25) is 5.76 Å². The van der Waals surface area contributed by atoms with Gasteiger partial charge in [-0.05, 0) is 30.3 Å². The van der Waals surface area contributed by atoms with Crippen LogP contribution in [0.25, 0.3) is 5.70 Å². The van der Waals surface area contributed by atoms with Gasteiger partial charge >= 0.3 is 5.97 Å². The van der Waals surface area contributed by atoms with Crippen molar-refractivity contribution in [3.8, 4) is 11.5 Å². The number of carbonyl (C=O) groups is 1. The second-order valence-corrected chi connectivity index (χ2v) is 8.53. The minimum atomic E-state index is -0.570. The molecule has 4 rings (SSSR count). The van der Waals surface area contributed by atoms with Crippen LogP contribution >= 0.6 is 23.2 Å². The summed E-state index contributed by atoms with van der Waals surface area (Å²) in [6, 6.07) is 23.5. The van der Waals surface area contributed by atoms with E-state index in [2.05, 4.69) is 16.6 Å². The van der Waals surface area contributed by atoms with Gasteiger partial charge in [-0.2, -0.15) is 0 Å². The summed E-state index contributed by atoms with van der Waals surface area (Å²) in [5, 5.41) is 4.29. The van der Waals surface area contributed by atoms with Gasteiger partial charge in [-0.1, -0.05) is 66.2 Å². The normalized spacial score (nSPS) is 10.5. The highest BCUT2D eigenvalue weighted by Gasteiger charge is 2.13. The van der Waals surface area contributed by atoms with E-state index in [1.165, 1.54) is 13.2 Å². The Balaban J connectivity index is 1.56. The molecule has 0 aliphatic heterocycles. The van der Waals surface area contributed by atoms with Crippen LogP contribution in [0, 0.1) is 0 Å². The number of benzene rings is 3. The summed E-state index contributed by atoms with van der Waals surface area (Å²) in [5.74, 6) is 0.951. The number of hydrogen-bond donors (Lipinski definition) is 1. The number of nitrogens with one attached hydrogen (secondary N) is 1. The number of rotatable bonds is 10. The SMILES string of the molecule is C=C(Nc1ccc(C(=O)OC)o1)c1cc(OCc2ccccc2Cl)cc(OCc2ccccc2Cl)c1. The zero-order valence-electron chi connectivity index (χ0n) is 19.4. The molecule has 4 aromatic rings. The topological polar surface area (TPSA) is 69.9 Å². The van der Waals surface area contributed by atoms with Gasteiger partial charge in [0.05, 0.1) is 7.11 Å². The van der Waals surface area contributed by atoms with Crippen LogP contribution in [0.4, 0.5) is 5.88 Å². The fourth-order valence-electron chi connectivity index (χ4n) is 3.30. The van der Waals surface area contributed by atoms with Gasteiger partial charge in [0.1, 0.15) is 24.7 Å². The second kappa shape index (κ2) is 11.7. The van der Waals surface area contributed by atoms with Gasteiger partial charge in [-0.25, -0.2) is 4.79 Å². The van der Waals surface area contributed by atoms with Crippen LogP contribution in [-0.4, -0.2) is 13.1 Å². The molecule has 0 aliphatic rings. The molecule has 0 saturated carbocycles. The summed E-state index contributed by atoms with van der Waals surface area (Å²) in [7, 11) is 1.29. The molecule has 0 amide bonds. The molecule has 1 N–H and O–H groups in total. The lowest BCUT2D eigenvalue weighted by Gasteiger charge is -2.15. The van der Waals surface area contributed by atoms with E-state index in [0.717, 1.165) is 11.1 Å². The van der Waals surface area contributed by atoms with Crippen LogP contribution < -0.4 is 14.8 Å². The monoisotopic (exact) mass is 523 g/mol. The van der Waals surface area contributed by atoms with E-state index >= 15 is 0 Å². The number of halogens is 2. The molecule has 3 aromatic carbocycles. The maximum Gasteiger partial charge on any atom is 0.374 e. The van der Waals surface area contributed by atoms with Crippen molar-refractivity contribution < 1.29 is 23.4 Å². The zero-order valence-corrected chi connectivity index (χ0v) is 20.9. The molecule has 0 atom stereocenters. The van der Waals surface area contributed by atoms with Crippen molar-refractivity contribution in [1.82, 2.24) is 0 Å². The molecule has 0 fully saturated rings. The van der Waals surface area contributed by atoms with Gasteiger partial charge in [0.25, 0.3) is 0 Å². The lowest BCUT2D eigenvalue weighted by molar-refractivity contribution is 0.0566. The molecule has 0 saturated heterocycles. The van der Waals surface area contributed by atoms with E-state index < -0.39 is 5.97 Å². The first kappa shape index (κ1) is 25.2. The lowest BCUT2D eigenvalue weighted by atomic mass is 10.1. The third kappa shape index (κ3) is 6.42. The van der Waals surface area contributed by atoms with Crippen LogP contribution in [0.5, 0.6) is 11.5 Å². The predicted molar refractivity (Wildman–Crippen MR) is 141 cm³/mol. The first-order valence-electron chi connectivity index (χ1n) is 10.9. The highest BCUT2D eigenvalue weighted by atomic mass is 35.5. The van der Waals surface area contributed by atoms with E-state index in [1.807, 2.05) is 60.7 Å². The first-order valence-corrected chi connectivity index (χ1v) is 11.7. The lowest BCUT2D eigenvalue weighted by Crippen LogP contribution is -2.02. The number of esters is 1. The van der Waals surface area contributed by atoms with E-state index in [-0.39, 0.29) is 19.0 Å². The molecule has 1 heterocycles. The summed E-state index contributed by atoms with van der Waals surface area (Å²) in [6.45, 7) is 4.64. The van der Waals surface area contributed by atoms with Gasteiger partial charge in [0.15, 0.2) is 5.88 Å². The predicted octanol–water partition coefficient (Wildman–Crippen LogP) is 7.61. The number of anilines is 1. The highest BCUT2D eigenvalue weighted by molar-refractivity contribution is 6.31. The number of methoxy groups -OCH3 is 1. The molecular weight excluding hydrogens is 501 g/mol. The van der Waals surface area contributed by atoms with Gasteiger partial charge < -0.3 is 23.9 Å². The average molecular weight is 524 g/mol. The molecule has 1 aromatic heterocycles. The van der Waals surface area contributed by atoms with Crippen molar-refractivity contribution in [2.75, 3.05) is 12.4 Å². The number of carbonyl (C=O) groups excluding carboxylic acids is 1. The third-order valence-corrected chi connectivity index (χ3v) is 5.94. The van der Waals surface area contributed by atoms with Crippen molar-refractivity contribution in [3.05, 3.63) is 118 Å². The summed E-state index contributed by atoms with van der Waals surface area (Å²) >= 11 is 12.6. The van der Waals surface area contributed by atoms with Crippen LogP contribution in [0.15, 0.2) is 89.9 Å². The van der Waals surface area contributed by atoms with Crippen LogP contribution in [0.1, 0.15) is 27.2 Å². The maximum absolute atomic E-state index is 11.7. The Morgan fingerprint density at radius 2 is 1.42 bits per heavy atom. The molecule has 184 valence electrons. The van der Waals surface area contributed by atoms with Crippen molar-refractivity contribution in [2.45, 2.75) is 13.2 Å². The van der Waals surface area contributed by atoms with Crippen molar-refractivity contribution in [1.29, 1.82) is 0 Å². The number of furan rings is 1. The zero-order chi connectivity index (χ0) is 25.5. The molecule has 6 nitrogen and oxygen atoms in total. The summed E-state index contributed by atoms with van der Waals surface area (Å²) in [5.41, 5.74) is 2.90. The van der Waals surface area contributed by atoms with E-state index in [4.69, 9.17) is 37.1 Å². The minimum absolute atomic E-state index is 0.0772.